The van der Waals surface area contributed by atoms with E-state index < -0.39 is 0 Å². The summed E-state index contributed by atoms with van der Waals surface area (Å²) in [5.74, 6) is 1.62. The summed E-state index contributed by atoms with van der Waals surface area (Å²) >= 11 is 0. The Bertz CT molecular complexity index is 425. The van der Waals surface area contributed by atoms with Gasteiger partial charge in [0.2, 0.25) is 0 Å². The maximum atomic E-state index is 5.40. The molecule has 0 spiro atoms. The van der Waals surface area contributed by atoms with Crippen molar-refractivity contribution in [3.8, 4) is 0 Å². The van der Waals surface area contributed by atoms with Gasteiger partial charge in [-0.05, 0) is 24.6 Å². The van der Waals surface area contributed by atoms with E-state index in [1.54, 1.807) is 0 Å². The molecule has 6 heteroatoms. The van der Waals surface area contributed by atoms with Gasteiger partial charge in [-0.1, -0.05) is 13.0 Å². The molecule has 1 aromatic heterocycles. The Hall–Kier alpha value is -0.550. The van der Waals surface area contributed by atoms with E-state index in [9.17, 15) is 0 Å². The molecule has 0 unspecified atom stereocenters. The van der Waals surface area contributed by atoms with Crippen molar-refractivity contribution in [1.29, 1.82) is 0 Å². The summed E-state index contributed by atoms with van der Waals surface area (Å²) < 4.78 is 5.40. The molecule has 2 aliphatic heterocycles. The lowest BCUT2D eigenvalue weighted by molar-refractivity contribution is 0.122. The Morgan fingerprint density at radius 1 is 1.25 bits per heavy atom. The number of aromatic nitrogens is 1. The van der Waals surface area contributed by atoms with E-state index in [-0.39, 0.29) is 24.8 Å². The normalized spacial score (nSPS) is 22.1. The molecule has 0 saturated carbocycles. The number of nitrogens with one attached hydrogen (secondary N) is 1. The fourth-order valence-electron chi connectivity index (χ4n) is 2.74. The topological polar surface area (TPSA) is 37.4 Å². The van der Waals surface area contributed by atoms with Crippen LogP contribution in [0, 0.1) is 0 Å². The summed E-state index contributed by atoms with van der Waals surface area (Å²) in [4.78, 5) is 7.24. The second-order valence-corrected chi connectivity index (χ2v) is 5.17. The SMILES string of the molecule is C[C@H]1CNCCc2ccc(N3CCOCC3)nc21.Cl.Cl. The van der Waals surface area contributed by atoms with Crippen molar-refractivity contribution in [3.05, 3.63) is 23.4 Å². The second kappa shape index (κ2) is 8.03. The van der Waals surface area contributed by atoms with Gasteiger partial charge in [0.05, 0.1) is 18.9 Å². The van der Waals surface area contributed by atoms with E-state index in [4.69, 9.17) is 9.72 Å². The standard InChI is InChI=1S/C14H21N3O.2ClH/c1-11-10-15-5-4-12-2-3-13(16-14(11)12)17-6-8-18-9-7-17;;/h2-3,11,15H,4-10H2,1H3;2*1H/t11-;;/m0../s1. The summed E-state index contributed by atoms with van der Waals surface area (Å²) in [6.45, 7) is 7.90. The monoisotopic (exact) mass is 319 g/mol. The van der Waals surface area contributed by atoms with Crippen LogP contribution in [-0.4, -0.2) is 44.4 Å². The van der Waals surface area contributed by atoms with Gasteiger partial charge in [0.15, 0.2) is 0 Å². The Balaban J connectivity index is 0.000001000. The van der Waals surface area contributed by atoms with Gasteiger partial charge >= 0.3 is 0 Å². The van der Waals surface area contributed by atoms with Gasteiger partial charge in [0, 0.05) is 25.6 Å². The fraction of sp³-hybridized carbons (Fsp3) is 0.643. The van der Waals surface area contributed by atoms with Crippen LogP contribution in [0.3, 0.4) is 0 Å². The first kappa shape index (κ1) is 17.5. The number of halogens is 2. The smallest absolute Gasteiger partial charge is 0.128 e. The molecule has 1 aromatic rings. The van der Waals surface area contributed by atoms with Gasteiger partial charge in [0.25, 0.3) is 0 Å². The summed E-state index contributed by atoms with van der Waals surface area (Å²) in [5, 5.41) is 3.47. The highest BCUT2D eigenvalue weighted by Crippen LogP contribution is 2.24. The van der Waals surface area contributed by atoms with Crippen LogP contribution < -0.4 is 10.2 Å². The molecule has 0 aliphatic carbocycles. The van der Waals surface area contributed by atoms with Gasteiger partial charge in [-0.3, -0.25) is 0 Å². The van der Waals surface area contributed by atoms with Crippen molar-refractivity contribution in [2.24, 2.45) is 0 Å². The van der Waals surface area contributed by atoms with Gasteiger partial charge in [-0.25, -0.2) is 4.98 Å². The molecule has 1 saturated heterocycles. The molecule has 1 atom stereocenters. The van der Waals surface area contributed by atoms with E-state index >= 15 is 0 Å². The van der Waals surface area contributed by atoms with Crippen LogP contribution in [-0.2, 0) is 11.2 Å². The van der Waals surface area contributed by atoms with Crippen LogP contribution in [0.2, 0.25) is 0 Å². The van der Waals surface area contributed by atoms with Crippen LogP contribution in [0.25, 0.3) is 0 Å². The van der Waals surface area contributed by atoms with Crippen molar-refractivity contribution in [3.63, 3.8) is 0 Å². The average molecular weight is 320 g/mol. The number of hydrogen-bond acceptors (Lipinski definition) is 4. The maximum absolute atomic E-state index is 5.40. The molecule has 4 nitrogen and oxygen atoms in total. The molecule has 0 radical (unpaired) electrons. The zero-order valence-corrected chi connectivity index (χ0v) is 13.4. The van der Waals surface area contributed by atoms with Gasteiger partial charge in [-0.15, -0.1) is 24.8 Å². The van der Waals surface area contributed by atoms with Gasteiger partial charge < -0.3 is 15.0 Å². The molecule has 3 heterocycles. The Morgan fingerprint density at radius 2 is 2.00 bits per heavy atom. The maximum Gasteiger partial charge on any atom is 0.128 e. The molecular formula is C14H23Cl2N3O. The van der Waals surface area contributed by atoms with E-state index in [0.717, 1.165) is 51.6 Å². The summed E-state index contributed by atoms with van der Waals surface area (Å²) in [6, 6.07) is 4.43. The molecule has 0 bridgehead atoms. The zero-order valence-electron chi connectivity index (χ0n) is 11.8. The predicted molar refractivity (Wildman–Crippen MR) is 86.8 cm³/mol. The Labute approximate surface area is 133 Å². The van der Waals surface area contributed by atoms with E-state index in [1.165, 1.54) is 11.3 Å². The van der Waals surface area contributed by atoms with Gasteiger partial charge in [0.1, 0.15) is 5.82 Å². The predicted octanol–water partition coefficient (Wildman–Crippen LogP) is 2.01. The highest BCUT2D eigenvalue weighted by Gasteiger charge is 2.19. The minimum Gasteiger partial charge on any atom is -0.378 e. The zero-order chi connectivity index (χ0) is 12.4. The van der Waals surface area contributed by atoms with Crippen molar-refractivity contribution < 1.29 is 4.74 Å². The van der Waals surface area contributed by atoms with Crippen molar-refractivity contribution in [2.45, 2.75) is 19.3 Å². The largest absolute Gasteiger partial charge is 0.378 e. The molecular weight excluding hydrogens is 297 g/mol. The number of hydrogen-bond donors (Lipinski definition) is 1. The van der Waals surface area contributed by atoms with E-state index in [2.05, 4.69) is 29.3 Å². The van der Waals surface area contributed by atoms with E-state index in [0.29, 0.717) is 5.92 Å². The molecule has 1 N–H and O–H groups in total. The van der Waals surface area contributed by atoms with Crippen LogP contribution in [0.4, 0.5) is 5.82 Å². The Kier molecular flexibility index (Phi) is 7.03. The molecule has 114 valence electrons. The van der Waals surface area contributed by atoms with Crippen LogP contribution in [0.5, 0.6) is 0 Å². The van der Waals surface area contributed by atoms with Crippen molar-refractivity contribution in [2.75, 3.05) is 44.3 Å². The number of ether oxygens (including phenoxy) is 1. The van der Waals surface area contributed by atoms with Crippen LogP contribution in [0.15, 0.2) is 12.1 Å². The molecule has 1 fully saturated rings. The molecule has 2 aliphatic rings. The number of rotatable bonds is 1. The number of pyridine rings is 1. The molecule has 0 amide bonds. The van der Waals surface area contributed by atoms with Crippen molar-refractivity contribution in [1.82, 2.24) is 10.3 Å². The first-order valence-electron chi connectivity index (χ1n) is 6.88. The number of anilines is 1. The third-order valence-electron chi connectivity index (χ3n) is 3.82. The first-order valence-corrected chi connectivity index (χ1v) is 6.88. The first-order chi connectivity index (χ1) is 8.84. The summed E-state index contributed by atoms with van der Waals surface area (Å²) in [7, 11) is 0. The third kappa shape index (κ3) is 3.76. The Morgan fingerprint density at radius 3 is 2.75 bits per heavy atom. The molecule has 20 heavy (non-hydrogen) atoms. The summed E-state index contributed by atoms with van der Waals surface area (Å²) in [5.41, 5.74) is 2.69. The lowest BCUT2D eigenvalue weighted by atomic mass is 10.0. The highest BCUT2D eigenvalue weighted by molar-refractivity contribution is 5.85. The lowest BCUT2D eigenvalue weighted by Gasteiger charge is -2.28. The number of nitrogens with zero attached hydrogens (tertiary/aromatic N) is 2. The lowest BCUT2D eigenvalue weighted by Crippen LogP contribution is -2.37. The van der Waals surface area contributed by atoms with E-state index in [1.807, 2.05) is 0 Å². The quantitative estimate of drug-likeness (QED) is 0.859. The second-order valence-electron chi connectivity index (χ2n) is 5.17. The van der Waals surface area contributed by atoms with Crippen LogP contribution >= 0.6 is 24.8 Å². The summed E-state index contributed by atoms with van der Waals surface area (Å²) in [6.07, 6.45) is 1.09. The third-order valence-corrected chi connectivity index (χ3v) is 3.82. The van der Waals surface area contributed by atoms with Crippen molar-refractivity contribution >= 4 is 30.6 Å². The minimum atomic E-state index is 0. The number of fused-ring (bicyclic) bond motifs is 1. The highest BCUT2D eigenvalue weighted by atomic mass is 35.5. The van der Waals surface area contributed by atoms with Gasteiger partial charge in [-0.2, -0.15) is 0 Å². The molecule has 3 rings (SSSR count). The number of morpholine rings is 1. The minimum absolute atomic E-state index is 0. The van der Waals surface area contributed by atoms with Crippen LogP contribution in [0.1, 0.15) is 24.1 Å². The average Bonchev–Trinajstić information content (AvgIpc) is 2.62. The fourth-order valence-corrected chi connectivity index (χ4v) is 2.74. The molecule has 0 aromatic carbocycles.